The molecule has 0 aromatic rings. The molecular formula is C14H24O3. The molecule has 2 fully saturated rings. The van der Waals surface area contributed by atoms with Crippen molar-refractivity contribution < 1.29 is 14.6 Å². The predicted molar refractivity (Wildman–Crippen MR) is 65.8 cm³/mol. The van der Waals surface area contributed by atoms with E-state index < -0.39 is 5.97 Å². The van der Waals surface area contributed by atoms with Crippen LogP contribution in [-0.2, 0) is 9.53 Å². The van der Waals surface area contributed by atoms with Crippen LogP contribution in [0.2, 0.25) is 0 Å². The molecule has 0 bridgehead atoms. The van der Waals surface area contributed by atoms with Crippen LogP contribution in [0.25, 0.3) is 0 Å². The summed E-state index contributed by atoms with van der Waals surface area (Å²) < 4.78 is 5.45. The van der Waals surface area contributed by atoms with Gasteiger partial charge in [-0.3, -0.25) is 4.79 Å². The predicted octanol–water partition coefficient (Wildman–Crippen LogP) is 2.94. The highest BCUT2D eigenvalue weighted by Gasteiger charge is 2.46. The van der Waals surface area contributed by atoms with Gasteiger partial charge in [0, 0.05) is 5.41 Å². The largest absolute Gasteiger partial charge is 0.481 e. The van der Waals surface area contributed by atoms with E-state index in [1.54, 1.807) is 0 Å². The molecule has 3 heteroatoms. The minimum atomic E-state index is -0.605. The molecule has 1 saturated heterocycles. The summed E-state index contributed by atoms with van der Waals surface area (Å²) >= 11 is 0. The standard InChI is InChI=1S/C14H24O3/c1-10(2)7-14(8-17-9-14)12-5-3-11(4-6-12)13(15)16/h10-12H,3-9H2,1-2H3,(H,15,16). The molecular weight excluding hydrogens is 216 g/mol. The first-order valence-electron chi connectivity index (χ1n) is 6.84. The molecule has 0 aromatic heterocycles. The van der Waals surface area contributed by atoms with Gasteiger partial charge in [0.05, 0.1) is 19.1 Å². The average molecular weight is 240 g/mol. The van der Waals surface area contributed by atoms with Gasteiger partial charge in [-0.15, -0.1) is 0 Å². The highest BCUT2D eigenvalue weighted by molar-refractivity contribution is 5.70. The van der Waals surface area contributed by atoms with Gasteiger partial charge < -0.3 is 9.84 Å². The molecule has 0 radical (unpaired) electrons. The number of hydrogen-bond acceptors (Lipinski definition) is 2. The number of carboxylic acids is 1. The molecule has 1 saturated carbocycles. The van der Waals surface area contributed by atoms with Crippen molar-refractivity contribution in [3.8, 4) is 0 Å². The number of rotatable bonds is 4. The van der Waals surface area contributed by atoms with Crippen LogP contribution < -0.4 is 0 Å². The van der Waals surface area contributed by atoms with E-state index in [4.69, 9.17) is 9.84 Å². The van der Waals surface area contributed by atoms with E-state index in [1.807, 2.05) is 0 Å². The fourth-order valence-corrected chi connectivity index (χ4v) is 3.65. The Morgan fingerprint density at radius 2 is 1.88 bits per heavy atom. The van der Waals surface area contributed by atoms with E-state index in [-0.39, 0.29) is 5.92 Å². The van der Waals surface area contributed by atoms with Crippen LogP contribution in [-0.4, -0.2) is 24.3 Å². The molecule has 2 aliphatic rings. The zero-order valence-corrected chi connectivity index (χ0v) is 10.9. The first-order valence-corrected chi connectivity index (χ1v) is 6.84. The minimum absolute atomic E-state index is 0.0941. The van der Waals surface area contributed by atoms with Crippen LogP contribution in [0.3, 0.4) is 0 Å². The number of carboxylic acid groups (broad SMARTS) is 1. The van der Waals surface area contributed by atoms with E-state index in [0.717, 1.165) is 38.9 Å². The Morgan fingerprint density at radius 1 is 1.29 bits per heavy atom. The van der Waals surface area contributed by atoms with Crippen molar-refractivity contribution in [2.75, 3.05) is 13.2 Å². The fraction of sp³-hybridized carbons (Fsp3) is 0.929. The van der Waals surface area contributed by atoms with Crippen molar-refractivity contribution in [2.45, 2.75) is 46.0 Å². The van der Waals surface area contributed by atoms with Crippen molar-refractivity contribution >= 4 is 5.97 Å². The lowest BCUT2D eigenvalue weighted by atomic mass is 9.62. The van der Waals surface area contributed by atoms with Crippen LogP contribution in [0, 0.1) is 23.2 Å². The Hall–Kier alpha value is -0.570. The zero-order chi connectivity index (χ0) is 12.5. The van der Waals surface area contributed by atoms with Gasteiger partial charge in [0.15, 0.2) is 0 Å². The van der Waals surface area contributed by atoms with E-state index in [9.17, 15) is 4.79 Å². The van der Waals surface area contributed by atoms with Gasteiger partial charge >= 0.3 is 5.97 Å². The molecule has 0 atom stereocenters. The summed E-state index contributed by atoms with van der Waals surface area (Å²) in [4.78, 5) is 10.9. The maximum absolute atomic E-state index is 10.9. The number of ether oxygens (including phenoxy) is 1. The molecule has 1 aliphatic heterocycles. The second-order valence-electron chi connectivity index (χ2n) is 6.34. The van der Waals surface area contributed by atoms with Crippen LogP contribution in [0.4, 0.5) is 0 Å². The van der Waals surface area contributed by atoms with Gasteiger partial charge in [0.1, 0.15) is 0 Å². The van der Waals surface area contributed by atoms with Gasteiger partial charge in [-0.2, -0.15) is 0 Å². The van der Waals surface area contributed by atoms with Crippen molar-refractivity contribution in [3.63, 3.8) is 0 Å². The summed E-state index contributed by atoms with van der Waals surface area (Å²) in [5.41, 5.74) is 0.373. The second-order valence-corrected chi connectivity index (χ2v) is 6.34. The van der Waals surface area contributed by atoms with Crippen molar-refractivity contribution in [1.29, 1.82) is 0 Å². The van der Waals surface area contributed by atoms with E-state index >= 15 is 0 Å². The highest BCUT2D eigenvalue weighted by atomic mass is 16.5. The quantitative estimate of drug-likeness (QED) is 0.821. The third kappa shape index (κ3) is 2.65. The number of aliphatic carboxylic acids is 1. The molecule has 1 N–H and O–H groups in total. The molecule has 0 amide bonds. The Morgan fingerprint density at radius 3 is 2.24 bits per heavy atom. The molecule has 1 heterocycles. The second kappa shape index (κ2) is 4.97. The molecule has 98 valence electrons. The lowest BCUT2D eigenvalue weighted by molar-refractivity contribution is -0.167. The van der Waals surface area contributed by atoms with Gasteiger partial charge in [0.25, 0.3) is 0 Å². The minimum Gasteiger partial charge on any atom is -0.481 e. The molecule has 0 aromatic carbocycles. The first-order chi connectivity index (χ1) is 8.03. The number of carbonyl (C=O) groups is 1. The lowest BCUT2D eigenvalue weighted by Gasteiger charge is -2.50. The smallest absolute Gasteiger partial charge is 0.306 e. The molecule has 0 unspecified atom stereocenters. The molecule has 2 rings (SSSR count). The van der Waals surface area contributed by atoms with Crippen LogP contribution in [0.1, 0.15) is 46.0 Å². The van der Waals surface area contributed by atoms with Gasteiger partial charge in [-0.1, -0.05) is 13.8 Å². The maximum Gasteiger partial charge on any atom is 0.306 e. The Labute approximate surface area is 104 Å². The van der Waals surface area contributed by atoms with E-state index in [2.05, 4.69) is 13.8 Å². The number of hydrogen-bond donors (Lipinski definition) is 1. The Kier molecular flexibility index (Phi) is 3.76. The SMILES string of the molecule is CC(C)CC1(C2CCC(C(=O)O)CC2)COC1. The van der Waals surface area contributed by atoms with E-state index in [0.29, 0.717) is 17.3 Å². The zero-order valence-electron chi connectivity index (χ0n) is 10.9. The summed E-state index contributed by atoms with van der Waals surface area (Å²) in [6.45, 7) is 6.33. The lowest BCUT2D eigenvalue weighted by Crippen LogP contribution is -2.50. The summed E-state index contributed by atoms with van der Waals surface area (Å²) in [6.07, 6.45) is 5.11. The Balaban J connectivity index is 1.92. The molecule has 0 spiro atoms. The summed E-state index contributed by atoms with van der Waals surface area (Å²) in [6, 6.07) is 0. The van der Waals surface area contributed by atoms with Gasteiger partial charge in [0.2, 0.25) is 0 Å². The maximum atomic E-state index is 10.9. The summed E-state index contributed by atoms with van der Waals surface area (Å²) in [5.74, 6) is 0.694. The Bertz CT molecular complexity index is 273. The first kappa shape index (κ1) is 12.9. The van der Waals surface area contributed by atoms with E-state index in [1.165, 1.54) is 6.42 Å². The van der Waals surface area contributed by atoms with Crippen LogP contribution in [0.5, 0.6) is 0 Å². The summed E-state index contributed by atoms with van der Waals surface area (Å²) in [7, 11) is 0. The molecule has 3 nitrogen and oxygen atoms in total. The molecule has 17 heavy (non-hydrogen) atoms. The van der Waals surface area contributed by atoms with Crippen LogP contribution >= 0.6 is 0 Å². The van der Waals surface area contributed by atoms with Crippen molar-refractivity contribution in [3.05, 3.63) is 0 Å². The van der Waals surface area contributed by atoms with Crippen molar-refractivity contribution in [2.24, 2.45) is 23.2 Å². The third-order valence-electron chi connectivity index (χ3n) is 4.54. The van der Waals surface area contributed by atoms with Gasteiger partial charge in [-0.05, 0) is 43.9 Å². The van der Waals surface area contributed by atoms with Crippen molar-refractivity contribution in [1.82, 2.24) is 0 Å². The monoisotopic (exact) mass is 240 g/mol. The topological polar surface area (TPSA) is 46.5 Å². The van der Waals surface area contributed by atoms with Gasteiger partial charge in [-0.25, -0.2) is 0 Å². The fourth-order valence-electron chi connectivity index (χ4n) is 3.65. The summed E-state index contributed by atoms with van der Waals surface area (Å²) in [5, 5.41) is 9.02. The third-order valence-corrected chi connectivity index (χ3v) is 4.54. The van der Waals surface area contributed by atoms with Crippen LogP contribution in [0.15, 0.2) is 0 Å². The normalized spacial score (nSPS) is 32.2. The molecule has 1 aliphatic carbocycles. The highest BCUT2D eigenvalue weighted by Crippen LogP contribution is 2.48. The average Bonchev–Trinajstić information content (AvgIpc) is 2.23.